The van der Waals surface area contributed by atoms with E-state index in [-0.39, 0.29) is 0 Å². The molecule has 1 aliphatic carbocycles. The SMILES string of the molecule is COC(=O)C1(C(=O)OC)Cc2c(C)nc(N3CCCC3)c(C)c2C1. The lowest BCUT2D eigenvalue weighted by atomic mass is 9.84. The minimum Gasteiger partial charge on any atom is -0.468 e. The average molecular weight is 332 g/mol. The molecule has 1 saturated heterocycles. The molecular formula is C18H24N2O4. The predicted molar refractivity (Wildman–Crippen MR) is 89.0 cm³/mol. The lowest BCUT2D eigenvalue weighted by Crippen LogP contribution is -2.42. The summed E-state index contributed by atoms with van der Waals surface area (Å²) in [4.78, 5) is 31.9. The Morgan fingerprint density at radius 2 is 1.54 bits per heavy atom. The second kappa shape index (κ2) is 6.07. The number of fused-ring (bicyclic) bond motifs is 1. The lowest BCUT2D eigenvalue weighted by molar-refractivity contribution is -0.168. The summed E-state index contributed by atoms with van der Waals surface area (Å²) in [5.41, 5.74) is 2.68. The Morgan fingerprint density at radius 3 is 2.08 bits per heavy atom. The number of carbonyl (C=O) groups excluding carboxylic acids is 2. The smallest absolute Gasteiger partial charge is 0.323 e. The molecule has 0 N–H and O–H groups in total. The predicted octanol–water partition coefficient (Wildman–Crippen LogP) is 1.73. The summed E-state index contributed by atoms with van der Waals surface area (Å²) in [5.74, 6) is -0.0894. The number of hydrogen-bond acceptors (Lipinski definition) is 6. The molecule has 0 spiro atoms. The molecule has 6 nitrogen and oxygen atoms in total. The Morgan fingerprint density at radius 1 is 1.00 bits per heavy atom. The highest BCUT2D eigenvalue weighted by molar-refractivity contribution is 6.01. The third kappa shape index (κ3) is 2.36. The van der Waals surface area contributed by atoms with Crippen LogP contribution < -0.4 is 4.90 Å². The molecule has 1 fully saturated rings. The van der Waals surface area contributed by atoms with E-state index in [1.165, 1.54) is 27.1 Å². The number of methoxy groups -OCH3 is 2. The monoisotopic (exact) mass is 332 g/mol. The van der Waals surface area contributed by atoms with E-state index in [0.717, 1.165) is 41.3 Å². The molecule has 1 aromatic rings. The van der Waals surface area contributed by atoms with E-state index in [2.05, 4.69) is 4.90 Å². The van der Waals surface area contributed by atoms with Gasteiger partial charge in [0, 0.05) is 31.6 Å². The summed E-state index contributed by atoms with van der Waals surface area (Å²) in [6.07, 6.45) is 2.95. The van der Waals surface area contributed by atoms with E-state index in [4.69, 9.17) is 14.5 Å². The van der Waals surface area contributed by atoms with E-state index in [1.807, 2.05) is 13.8 Å². The van der Waals surface area contributed by atoms with Crippen molar-refractivity contribution in [3.8, 4) is 0 Å². The van der Waals surface area contributed by atoms with Gasteiger partial charge in [0.2, 0.25) is 0 Å². The van der Waals surface area contributed by atoms with Crippen LogP contribution in [0.2, 0.25) is 0 Å². The number of rotatable bonds is 3. The number of nitrogens with zero attached hydrogens (tertiary/aromatic N) is 2. The van der Waals surface area contributed by atoms with Crippen LogP contribution in [0.3, 0.4) is 0 Å². The number of aryl methyl sites for hydroxylation is 1. The van der Waals surface area contributed by atoms with Crippen LogP contribution in [0.15, 0.2) is 0 Å². The molecule has 2 aliphatic rings. The van der Waals surface area contributed by atoms with Crippen molar-refractivity contribution in [2.24, 2.45) is 5.41 Å². The molecule has 0 amide bonds. The van der Waals surface area contributed by atoms with Crippen LogP contribution in [-0.4, -0.2) is 44.2 Å². The highest BCUT2D eigenvalue weighted by Gasteiger charge is 2.53. The van der Waals surface area contributed by atoms with Crippen molar-refractivity contribution in [2.75, 3.05) is 32.2 Å². The van der Waals surface area contributed by atoms with Gasteiger partial charge >= 0.3 is 11.9 Å². The Hall–Kier alpha value is -2.11. The fourth-order valence-electron chi connectivity index (χ4n) is 4.03. The Labute approximate surface area is 142 Å². The van der Waals surface area contributed by atoms with Crippen molar-refractivity contribution in [3.63, 3.8) is 0 Å². The summed E-state index contributed by atoms with van der Waals surface area (Å²) in [6.45, 7) is 5.99. The van der Waals surface area contributed by atoms with Gasteiger partial charge in [-0.15, -0.1) is 0 Å². The quantitative estimate of drug-likeness (QED) is 0.620. The van der Waals surface area contributed by atoms with Crippen molar-refractivity contribution in [2.45, 2.75) is 39.5 Å². The molecule has 1 aromatic heterocycles. The van der Waals surface area contributed by atoms with Gasteiger partial charge in [0.05, 0.1) is 14.2 Å². The first-order chi connectivity index (χ1) is 11.4. The number of hydrogen-bond donors (Lipinski definition) is 0. The highest BCUT2D eigenvalue weighted by Crippen LogP contribution is 2.43. The fraction of sp³-hybridized carbons (Fsp3) is 0.611. The summed E-state index contributed by atoms with van der Waals surface area (Å²) in [7, 11) is 2.62. The Kier molecular flexibility index (Phi) is 4.24. The second-order valence-electron chi connectivity index (χ2n) is 6.72. The molecule has 0 saturated carbocycles. The number of aromatic nitrogens is 1. The first-order valence-corrected chi connectivity index (χ1v) is 8.35. The third-order valence-corrected chi connectivity index (χ3v) is 5.38. The zero-order valence-electron chi connectivity index (χ0n) is 14.8. The molecule has 0 radical (unpaired) electrons. The summed E-state index contributed by atoms with van der Waals surface area (Å²) in [6, 6.07) is 0. The van der Waals surface area contributed by atoms with E-state index < -0.39 is 17.4 Å². The summed E-state index contributed by atoms with van der Waals surface area (Å²) < 4.78 is 9.86. The van der Waals surface area contributed by atoms with Gasteiger partial charge in [-0.2, -0.15) is 0 Å². The molecule has 0 bridgehead atoms. The molecule has 0 atom stereocenters. The van der Waals surface area contributed by atoms with Crippen molar-refractivity contribution >= 4 is 17.8 Å². The number of ether oxygens (including phenoxy) is 2. The number of carbonyl (C=O) groups is 2. The van der Waals surface area contributed by atoms with Crippen molar-refractivity contribution in [1.29, 1.82) is 0 Å². The van der Waals surface area contributed by atoms with Crippen LogP contribution in [0.25, 0.3) is 0 Å². The van der Waals surface area contributed by atoms with Gasteiger partial charge in [-0.3, -0.25) is 9.59 Å². The molecule has 6 heteroatoms. The maximum Gasteiger partial charge on any atom is 0.323 e. The van der Waals surface area contributed by atoms with Crippen LogP contribution in [0.4, 0.5) is 5.82 Å². The molecule has 3 rings (SSSR count). The number of esters is 2. The minimum absolute atomic E-state index is 0.293. The molecule has 130 valence electrons. The van der Waals surface area contributed by atoms with Crippen molar-refractivity contribution in [3.05, 3.63) is 22.4 Å². The first kappa shape index (κ1) is 16.7. The zero-order chi connectivity index (χ0) is 17.5. The topological polar surface area (TPSA) is 68.7 Å². The molecule has 0 aromatic carbocycles. The third-order valence-electron chi connectivity index (χ3n) is 5.38. The molecular weight excluding hydrogens is 308 g/mol. The molecule has 0 unspecified atom stereocenters. The summed E-state index contributed by atoms with van der Waals surface area (Å²) >= 11 is 0. The molecule has 2 heterocycles. The van der Waals surface area contributed by atoms with Gasteiger partial charge in [-0.05, 0) is 43.4 Å². The standard InChI is InChI=1S/C18H24N2O4/c1-11-13-9-18(16(21)23-3,17(22)24-4)10-14(13)12(2)19-15(11)20-7-5-6-8-20/h5-10H2,1-4H3. The van der Waals surface area contributed by atoms with E-state index in [9.17, 15) is 9.59 Å². The van der Waals surface area contributed by atoms with Crippen molar-refractivity contribution in [1.82, 2.24) is 4.98 Å². The lowest BCUT2D eigenvalue weighted by Gasteiger charge is -2.23. The van der Waals surface area contributed by atoms with E-state index >= 15 is 0 Å². The molecule has 1 aliphatic heterocycles. The van der Waals surface area contributed by atoms with Crippen LogP contribution in [0.1, 0.15) is 35.2 Å². The maximum absolute atomic E-state index is 12.4. The zero-order valence-corrected chi connectivity index (χ0v) is 14.8. The van der Waals surface area contributed by atoms with Crippen molar-refractivity contribution < 1.29 is 19.1 Å². The Balaban J connectivity index is 2.08. The second-order valence-corrected chi connectivity index (χ2v) is 6.72. The van der Waals surface area contributed by atoms with Crippen LogP contribution in [-0.2, 0) is 31.9 Å². The fourth-order valence-corrected chi connectivity index (χ4v) is 4.03. The average Bonchev–Trinajstić information content (AvgIpc) is 3.25. The van der Waals surface area contributed by atoms with Gasteiger partial charge < -0.3 is 14.4 Å². The number of pyridine rings is 1. The van der Waals surface area contributed by atoms with E-state index in [1.54, 1.807) is 0 Å². The maximum atomic E-state index is 12.4. The van der Waals surface area contributed by atoms with Crippen LogP contribution in [0, 0.1) is 19.3 Å². The summed E-state index contributed by atoms with van der Waals surface area (Å²) in [5, 5.41) is 0. The highest BCUT2D eigenvalue weighted by atomic mass is 16.5. The van der Waals surface area contributed by atoms with Crippen LogP contribution >= 0.6 is 0 Å². The minimum atomic E-state index is -1.29. The van der Waals surface area contributed by atoms with Gasteiger partial charge in [0.25, 0.3) is 0 Å². The van der Waals surface area contributed by atoms with E-state index in [0.29, 0.717) is 12.8 Å². The van der Waals surface area contributed by atoms with Gasteiger partial charge in [-0.1, -0.05) is 0 Å². The first-order valence-electron chi connectivity index (χ1n) is 8.35. The molecule has 24 heavy (non-hydrogen) atoms. The Bertz CT molecular complexity index is 677. The normalized spacial score (nSPS) is 18.4. The van der Waals surface area contributed by atoms with Gasteiger partial charge in [-0.25, -0.2) is 4.98 Å². The van der Waals surface area contributed by atoms with Crippen LogP contribution in [0.5, 0.6) is 0 Å². The largest absolute Gasteiger partial charge is 0.468 e. The van der Waals surface area contributed by atoms with Gasteiger partial charge in [0.15, 0.2) is 5.41 Å². The van der Waals surface area contributed by atoms with Gasteiger partial charge in [0.1, 0.15) is 5.82 Å². The number of anilines is 1.